The van der Waals surface area contributed by atoms with Crippen molar-refractivity contribution in [1.82, 2.24) is 4.98 Å². The Morgan fingerprint density at radius 1 is 1.37 bits per heavy atom. The van der Waals surface area contributed by atoms with Crippen molar-refractivity contribution < 1.29 is 23.8 Å². The Balaban J connectivity index is 1.64. The van der Waals surface area contributed by atoms with Crippen LogP contribution in [0.4, 0.5) is 10.6 Å². The molecule has 0 saturated carbocycles. The number of rotatable bonds is 6. The molecule has 0 N–H and O–H groups in total. The van der Waals surface area contributed by atoms with Gasteiger partial charge in [-0.15, -0.1) is 0 Å². The van der Waals surface area contributed by atoms with Gasteiger partial charge < -0.3 is 14.2 Å². The van der Waals surface area contributed by atoms with Crippen LogP contribution in [0.25, 0.3) is 0 Å². The summed E-state index contributed by atoms with van der Waals surface area (Å²) in [6.45, 7) is 2.26. The Labute approximate surface area is 165 Å². The minimum Gasteiger partial charge on any atom is -0.490 e. The van der Waals surface area contributed by atoms with Crippen molar-refractivity contribution in [3.05, 3.63) is 54.2 Å². The first kappa shape index (κ1) is 19.2. The standard InChI is InChI=1S/C19H19BrN2O5/c1-19(20,17(23)25-2)13-6-5-7-14(10-13)26-12-15-11-22(18(24)27-15)16-8-3-4-9-21-16/h3-10,15H,11-12H2,1-2H3. The summed E-state index contributed by atoms with van der Waals surface area (Å²) in [5, 5.41) is 0. The molecule has 1 aromatic carbocycles. The summed E-state index contributed by atoms with van der Waals surface area (Å²) in [5.41, 5.74) is 0.699. The van der Waals surface area contributed by atoms with Crippen molar-refractivity contribution in [3.63, 3.8) is 0 Å². The fourth-order valence-corrected chi connectivity index (χ4v) is 3.09. The molecule has 2 unspecified atom stereocenters. The van der Waals surface area contributed by atoms with Crippen molar-refractivity contribution in [2.75, 3.05) is 25.2 Å². The van der Waals surface area contributed by atoms with Gasteiger partial charge in [0.15, 0.2) is 6.10 Å². The van der Waals surface area contributed by atoms with Gasteiger partial charge in [-0.1, -0.05) is 34.1 Å². The second-order valence-electron chi connectivity index (χ2n) is 6.14. The Morgan fingerprint density at radius 2 is 2.19 bits per heavy atom. The van der Waals surface area contributed by atoms with Gasteiger partial charge in [0.25, 0.3) is 0 Å². The zero-order valence-electron chi connectivity index (χ0n) is 14.9. The number of nitrogens with zero attached hydrogens (tertiary/aromatic N) is 2. The summed E-state index contributed by atoms with van der Waals surface area (Å²) in [5.74, 6) is 0.699. The molecule has 2 heterocycles. The molecular formula is C19H19BrN2O5. The molecule has 0 radical (unpaired) electrons. The number of hydrogen-bond acceptors (Lipinski definition) is 6. The summed E-state index contributed by atoms with van der Waals surface area (Å²) in [6.07, 6.45) is 0.755. The van der Waals surface area contributed by atoms with E-state index in [0.29, 0.717) is 23.7 Å². The molecule has 8 heteroatoms. The molecule has 27 heavy (non-hydrogen) atoms. The predicted octanol–water partition coefficient (Wildman–Crippen LogP) is 3.27. The molecule has 0 aliphatic carbocycles. The van der Waals surface area contributed by atoms with Crippen molar-refractivity contribution in [1.29, 1.82) is 0 Å². The number of alkyl halides is 1. The van der Waals surface area contributed by atoms with E-state index in [1.807, 2.05) is 6.07 Å². The van der Waals surface area contributed by atoms with E-state index in [-0.39, 0.29) is 6.61 Å². The SMILES string of the molecule is COC(=O)C(C)(Br)c1cccc(OCC2CN(c3ccccn3)C(=O)O2)c1. The summed E-state index contributed by atoms with van der Waals surface area (Å²) in [4.78, 5) is 29.6. The van der Waals surface area contributed by atoms with E-state index in [4.69, 9.17) is 14.2 Å². The lowest BCUT2D eigenvalue weighted by Crippen LogP contribution is -2.28. The number of amides is 1. The maximum absolute atomic E-state index is 12.0. The number of anilines is 1. The van der Waals surface area contributed by atoms with E-state index in [1.54, 1.807) is 49.5 Å². The molecule has 7 nitrogen and oxygen atoms in total. The van der Waals surface area contributed by atoms with Crippen LogP contribution >= 0.6 is 15.9 Å². The van der Waals surface area contributed by atoms with Gasteiger partial charge in [0, 0.05) is 6.20 Å². The van der Waals surface area contributed by atoms with Gasteiger partial charge in [-0.2, -0.15) is 0 Å². The molecule has 1 aliphatic rings. The summed E-state index contributed by atoms with van der Waals surface area (Å²) in [7, 11) is 1.34. The molecule has 1 fully saturated rings. The summed E-state index contributed by atoms with van der Waals surface area (Å²) >= 11 is 3.40. The third-order valence-electron chi connectivity index (χ3n) is 4.18. The average Bonchev–Trinajstić information content (AvgIpc) is 3.07. The van der Waals surface area contributed by atoms with E-state index in [1.165, 1.54) is 12.0 Å². The fraction of sp³-hybridized carbons (Fsp3) is 0.316. The molecule has 3 rings (SSSR count). The van der Waals surface area contributed by atoms with Gasteiger partial charge >= 0.3 is 12.1 Å². The second kappa shape index (κ2) is 7.96. The zero-order valence-corrected chi connectivity index (χ0v) is 16.5. The largest absolute Gasteiger partial charge is 0.490 e. The highest BCUT2D eigenvalue weighted by Gasteiger charge is 2.35. The van der Waals surface area contributed by atoms with Gasteiger partial charge in [0.2, 0.25) is 0 Å². The third kappa shape index (κ3) is 4.21. The molecule has 1 aromatic heterocycles. The Bertz CT molecular complexity index is 828. The van der Waals surface area contributed by atoms with Gasteiger partial charge in [0.05, 0.1) is 13.7 Å². The number of pyridine rings is 1. The highest BCUT2D eigenvalue weighted by atomic mass is 79.9. The van der Waals surface area contributed by atoms with Gasteiger partial charge in [-0.05, 0) is 36.8 Å². The number of cyclic esters (lactones) is 1. The quantitative estimate of drug-likeness (QED) is 0.512. The monoisotopic (exact) mass is 434 g/mol. The maximum Gasteiger partial charge on any atom is 0.416 e. The van der Waals surface area contributed by atoms with E-state index < -0.39 is 22.5 Å². The van der Waals surface area contributed by atoms with Crippen molar-refractivity contribution >= 4 is 33.8 Å². The molecule has 1 amide bonds. The average molecular weight is 435 g/mol. The number of esters is 1. The molecule has 0 bridgehead atoms. The minimum atomic E-state index is -0.975. The molecule has 1 saturated heterocycles. The van der Waals surface area contributed by atoms with Crippen LogP contribution in [-0.4, -0.2) is 43.4 Å². The van der Waals surface area contributed by atoms with E-state index >= 15 is 0 Å². The highest BCUT2D eigenvalue weighted by molar-refractivity contribution is 9.10. The third-order valence-corrected chi connectivity index (χ3v) is 4.96. The molecule has 2 atom stereocenters. The van der Waals surface area contributed by atoms with E-state index in [2.05, 4.69) is 20.9 Å². The van der Waals surface area contributed by atoms with Gasteiger partial charge in [-0.3, -0.25) is 9.69 Å². The lowest BCUT2D eigenvalue weighted by atomic mass is 10.0. The van der Waals surface area contributed by atoms with Crippen LogP contribution in [-0.2, 0) is 18.6 Å². The number of methoxy groups -OCH3 is 1. The molecule has 2 aromatic rings. The van der Waals surface area contributed by atoms with Gasteiger partial charge in [0.1, 0.15) is 22.5 Å². The number of carbonyl (C=O) groups is 2. The van der Waals surface area contributed by atoms with Crippen LogP contribution in [0.15, 0.2) is 48.7 Å². The summed E-state index contributed by atoms with van der Waals surface area (Å²) in [6, 6.07) is 12.5. The highest BCUT2D eigenvalue weighted by Crippen LogP contribution is 2.34. The van der Waals surface area contributed by atoms with Crippen LogP contribution < -0.4 is 9.64 Å². The second-order valence-corrected chi connectivity index (χ2v) is 7.72. The Kier molecular flexibility index (Phi) is 5.65. The van der Waals surface area contributed by atoms with Crippen LogP contribution in [0, 0.1) is 0 Å². The Morgan fingerprint density at radius 3 is 2.89 bits per heavy atom. The first-order valence-corrected chi connectivity index (χ1v) is 9.11. The molecule has 142 valence electrons. The van der Waals surface area contributed by atoms with Crippen LogP contribution in [0.1, 0.15) is 12.5 Å². The smallest absolute Gasteiger partial charge is 0.416 e. The van der Waals surface area contributed by atoms with Crippen molar-refractivity contribution in [3.8, 4) is 5.75 Å². The predicted molar refractivity (Wildman–Crippen MR) is 102 cm³/mol. The van der Waals surface area contributed by atoms with Crippen molar-refractivity contribution in [2.24, 2.45) is 0 Å². The normalized spacial score (nSPS) is 18.6. The van der Waals surface area contributed by atoms with E-state index in [9.17, 15) is 9.59 Å². The van der Waals surface area contributed by atoms with Crippen LogP contribution in [0.5, 0.6) is 5.75 Å². The number of carbonyl (C=O) groups excluding carboxylic acids is 2. The van der Waals surface area contributed by atoms with E-state index in [0.717, 1.165) is 0 Å². The Hall–Kier alpha value is -2.61. The zero-order chi connectivity index (χ0) is 19.4. The molecule has 1 aliphatic heterocycles. The fourth-order valence-electron chi connectivity index (χ4n) is 2.69. The maximum atomic E-state index is 12.0. The first-order chi connectivity index (χ1) is 12.9. The van der Waals surface area contributed by atoms with Gasteiger partial charge in [-0.25, -0.2) is 9.78 Å². The first-order valence-electron chi connectivity index (χ1n) is 8.31. The number of benzene rings is 1. The summed E-state index contributed by atoms with van der Waals surface area (Å²) < 4.78 is 15.0. The number of hydrogen-bond donors (Lipinski definition) is 0. The van der Waals surface area contributed by atoms with Crippen LogP contribution in [0.2, 0.25) is 0 Å². The molecule has 0 spiro atoms. The van der Waals surface area contributed by atoms with Crippen molar-refractivity contribution in [2.45, 2.75) is 17.4 Å². The lowest BCUT2D eigenvalue weighted by molar-refractivity contribution is -0.143. The number of halogens is 1. The topological polar surface area (TPSA) is 78.0 Å². The number of aromatic nitrogens is 1. The number of ether oxygens (including phenoxy) is 3. The van der Waals surface area contributed by atoms with Crippen LogP contribution in [0.3, 0.4) is 0 Å². The molecular weight excluding hydrogens is 416 g/mol. The lowest BCUT2D eigenvalue weighted by Gasteiger charge is -2.20. The minimum absolute atomic E-state index is 0.190.